The van der Waals surface area contributed by atoms with Crippen LogP contribution in [0.15, 0.2) is 23.3 Å². The Balaban J connectivity index is 2.89. The van der Waals surface area contributed by atoms with Gasteiger partial charge in [-0.05, 0) is 82.1 Å². The molecule has 0 aliphatic carbocycles. The highest BCUT2D eigenvalue weighted by Gasteiger charge is 2.29. The Hall–Kier alpha value is -1.74. The molecule has 0 spiro atoms. The molecule has 0 aromatic rings. The Morgan fingerprint density at radius 1 is 0.976 bits per heavy atom. The number of carbonyl (C=O) groups excluding carboxylic acids is 1. The van der Waals surface area contributed by atoms with E-state index >= 15 is 0 Å². The molecule has 0 bridgehead atoms. The zero-order chi connectivity index (χ0) is 31.8. The van der Waals surface area contributed by atoms with Gasteiger partial charge in [0.1, 0.15) is 6.10 Å². The molecule has 0 aromatic heterocycles. The number of esters is 1. The largest absolute Gasteiger partial charge is 0.481 e. The minimum Gasteiger partial charge on any atom is -0.481 e. The van der Waals surface area contributed by atoms with Gasteiger partial charge in [-0.25, -0.2) is 4.79 Å². The number of carbonyl (C=O) groups is 2. The highest BCUT2D eigenvalue weighted by molar-refractivity contribution is 5.87. The van der Waals surface area contributed by atoms with E-state index in [0.717, 1.165) is 44.1 Å². The zero-order valence-corrected chi connectivity index (χ0v) is 27.0. The summed E-state index contributed by atoms with van der Waals surface area (Å²) in [7, 11) is 0. The fourth-order valence-electron chi connectivity index (χ4n) is 5.87. The molecule has 244 valence electrons. The average molecular weight is 597 g/mol. The summed E-state index contributed by atoms with van der Waals surface area (Å²) in [4.78, 5) is 23.8. The standard InChI is InChI=1S/C34H60O8/c1-22-12-11-14-24(3)33(23(2)13-7-8-15-28(35)16-9-10-17-32(39)40)42-34(41)25(4)18-19-29(36)27(6)31(38)21-30(37)26(5)20-22/h18,20,22-24,27-31,33,35-38H,7-17,19,21H2,1-6H3,(H,39,40)/b25-18+,26-20-. The molecule has 42 heavy (non-hydrogen) atoms. The van der Waals surface area contributed by atoms with Gasteiger partial charge in [0, 0.05) is 24.3 Å². The third-order valence-corrected chi connectivity index (χ3v) is 9.05. The summed E-state index contributed by atoms with van der Waals surface area (Å²) in [6, 6.07) is 0. The number of hydrogen-bond acceptors (Lipinski definition) is 7. The van der Waals surface area contributed by atoms with E-state index in [-0.39, 0.29) is 49.1 Å². The first kappa shape index (κ1) is 38.3. The maximum atomic E-state index is 13.1. The molecule has 9 atom stereocenters. The highest BCUT2D eigenvalue weighted by atomic mass is 16.5. The molecule has 1 heterocycles. The summed E-state index contributed by atoms with van der Waals surface area (Å²) < 4.78 is 6.11. The number of hydrogen-bond donors (Lipinski definition) is 5. The number of aliphatic carboxylic acids is 1. The lowest BCUT2D eigenvalue weighted by molar-refractivity contribution is -0.150. The SMILES string of the molecule is C/C1=C/C(C)CCCC(C)C(C(C)CCCCC(O)CCCCC(=O)O)OC(=O)/C(C)=C/CC(O)C(C)C(O)CC1O. The number of rotatable bonds is 11. The maximum Gasteiger partial charge on any atom is 0.333 e. The number of aliphatic hydroxyl groups is 4. The van der Waals surface area contributed by atoms with E-state index in [1.54, 1.807) is 19.9 Å². The predicted octanol–water partition coefficient (Wildman–Crippen LogP) is 5.95. The first-order valence-electron chi connectivity index (χ1n) is 16.2. The lowest BCUT2D eigenvalue weighted by Crippen LogP contribution is -2.33. The number of ether oxygens (including phenoxy) is 1. The van der Waals surface area contributed by atoms with Gasteiger partial charge in [0.05, 0.1) is 24.4 Å². The van der Waals surface area contributed by atoms with E-state index in [1.807, 2.05) is 6.92 Å². The van der Waals surface area contributed by atoms with Gasteiger partial charge in [-0.3, -0.25) is 4.79 Å². The summed E-state index contributed by atoms with van der Waals surface area (Å²) in [6.07, 6.45) is 9.03. The second kappa shape index (κ2) is 20.3. The van der Waals surface area contributed by atoms with Crippen molar-refractivity contribution in [3.63, 3.8) is 0 Å². The van der Waals surface area contributed by atoms with Crippen molar-refractivity contribution in [2.24, 2.45) is 23.7 Å². The van der Waals surface area contributed by atoms with Crippen molar-refractivity contribution in [2.45, 2.75) is 156 Å². The number of cyclic esters (lactones) is 1. The summed E-state index contributed by atoms with van der Waals surface area (Å²) >= 11 is 0. The molecule has 1 rings (SSSR count). The van der Waals surface area contributed by atoms with E-state index in [2.05, 4.69) is 26.8 Å². The van der Waals surface area contributed by atoms with E-state index < -0.39 is 36.3 Å². The zero-order valence-electron chi connectivity index (χ0n) is 27.0. The monoisotopic (exact) mass is 596 g/mol. The van der Waals surface area contributed by atoms with E-state index in [4.69, 9.17) is 9.84 Å². The van der Waals surface area contributed by atoms with E-state index in [9.17, 15) is 30.0 Å². The van der Waals surface area contributed by atoms with Crippen molar-refractivity contribution >= 4 is 11.9 Å². The number of carboxylic acid groups (broad SMARTS) is 1. The molecule has 8 nitrogen and oxygen atoms in total. The molecule has 0 amide bonds. The van der Waals surface area contributed by atoms with Gasteiger partial charge in [-0.15, -0.1) is 0 Å². The lowest BCUT2D eigenvalue weighted by Gasteiger charge is -2.30. The minimum atomic E-state index is -0.877. The van der Waals surface area contributed by atoms with Crippen LogP contribution in [0.2, 0.25) is 0 Å². The molecule has 8 heteroatoms. The van der Waals surface area contributed by atoms with Crippen LogP contribution in [0.3, 0.4) is 0 Å². The van der Waals surface area contributed by atoms with Crippen LogP contribution in [0.5, 0.6) is 0 Å². The van der Waals surface area contributed by atoms with Crippen LogP contribution in [0.1, 0.15) is 125 Å². The van der Waals surface area contributed by atoms with Crippen molar-refractivity contribution < 1.29 is 39.9 Å². The molecular weight excluding hydrogens is 536 g/mol. The quantitative estimate of drug-likeness (QED) is 0.112. The van der Waals surface area contributed by atoms with Crippen molar-refractivity contribution in [2.75, 3.05) is 0 Å². The topological polar surface area (TPSA) is 145 Å². The smallest absolute Gasteiger partial charge is 0.333 e. The first-order valence-corrected chi connectivity index (χ1v) is 16.2. The highest BCUT2D eigenvalue weighted by Crippen LogP contribution is 2.29. The molecule has 5 N–H and O–H groups in total. The Morgan fingerprint density at radius 3 is 2.24 bits per heavy atom. The van der Waals surface area contributed by atoms with Crippen LogP contribution in [0, 0.1) is 23.7 Å². The Kier molecular flexibility index (Phi) is 18.5. The van der Waals surface area contributed by atoms with E-state index in [0.29, 0.717) is 31.3 Å². The van der Waals surface area contributed by atoms with Crippen LogP contribution < -0.4 is 0 Å². The van der Waals surface area contributed by atoms with Crippen molar-refractivity contribution in [3.05, 3.63) is 23.3 Å². The van der Waals surface area contributed by atoms with Crippen molar-refractivity contribution in [1.29, 1.82) is 0 Å². The summed E-state index contributed by atoms with van der Waals surface area (Å²) in [6.45, 7) is 11.7. The molecule has 0 saturated heterocycles. The summed E-state index contributed by atoms with van der Waals surface area (Å²) in [5, 5.41) is 50.9. The Labute approximate surface area is 254 Å². The Morgan fingerprint density at radius 2 is 1.60 bits per heavy atom. The maximum absolute atomic E-state index is 13.1. The number of unbranched alkanes of at least 4 members (excludes halogenated alkanes) is 2. The van der Waals surface area contributed by atoms with Crippen molar-refractivity contribution in [1.82, 2.24) is 0 Å². The molecule has 0 saturated carbocycles. The van der Waals surface area contributed by atoms with Crippen molar-refractivity contribution in [3.8, 4) is 0 Å². The van der Waals surface area contributed by atoms with Gasteiger partial charge in [0.25, 0.3) is 0 Å². The molecular formula is C34H60O8. The normalized spacial score (nSPS) is 33.2. The third-order valence-electron chi connectivity index (χ3n) is 9.05. The van der Waals surface area contributed by atoms with Gasteiger partial charge in [0.15, 0.2) is 0 Å². The first-order chi connectivity index (χ1) is 19.7. The summed E-state index contributed by atoms with van der Waals surface area (Å²) in [5.41, 5.74) is 1.26. The van der Waals surface area contributed by atoms with Gasteiger partial charge < -0.3 is 30.3 Å². The van der Waals surface area contributed by atoms with Gasteiger partial charge in [-0.2, -0.15) is 0 Å². The molecule has 0 aromatic carbocycles. The second-order valence-electron chi connectivity index (χ2n) is 13.1. The molecule has 1 aliphatic rings. The predicted molar refractivity (Wildman–Crippen MR) is 166 cm³/mol. The fraction of sp³-hybridized carbons (Fsp3) is 0.824. The van der Waals surface area contributed by atoms with Crippen LogP contribution in [0.4, 0.5) is 0 Å². The fourth-order valence-corrected chi connectivity index (χ4v) is 5.87. The minimum absolute atomic E-state index is 0.130. The number of carboxylic acids is 1. The van der Waals surface area contributed by atoms with Gasteiger partial charge in [0.2, 0.25) is 0 Å². The average Bonchev–Trinajstić information content (AvgIpc) is 2.93. The van der Waals surface area contributed by atoms with E-state index in [1.165, 1.54) is 0 Å². The lowest BCUT2D eigenvalue weighted by atomic mass is 9.85. The number of aliphatic hydroxyl groups excluding tert-OH is 4. The third kappa shape index (κ3) is 15.1. The molecule has 1 aliphatic heterocycles. The molecule has 9 unspecified atom stereocenters. The second-order valence-corrected chi connectivity index (χ2v) is 13.1. The number of allylic oxidation sites excluding steroid dienone is 1. The summed E-state index contributed by atoms with van der Waals surface area (Å²) in [5.74, 6) is -1.13. The Bertz CT molecular complexity index is 852. The van der Waals surface area contributed by atoms with Crippen LogP contribution in [-0.2, 0) is 14.3 Å². The van der Waals surface area contributed by atoms with Crippen LogP contribution in [0.25, 0.3) is 0 Å². The molecule has 0 fully saturated rings. The molecule has 0 radical (unpaired) electrons. The van der Waals surface area contributed by atoms with Gasteiger partial charge >= 0.3 is 11.9 Å². The van der Waals surface area contributed by atoms with Gasteiger partial charge in [-0.1, -0.05) is 65.5 Å². The van der Waals surface area contributed by atoms with Crippen LogP contribution in [-0.4, -0.2) is 68.0 Å². The van der Waals surface area contributed by atoms with Crippen LogP contribution >= 0.6 is 0 Å².